The third-order valence-electron chi connectivity index (χ3n) is 4.19. The number of benzene rings is 2. The van der Waals surface area contributed by atoms with Gasteiger partial charge in [0.2, 0.25) is 0 Å². The molecule has 0 spiro atoms. The summed E-state index contributed by atoms with van der Waals surface area (Å²) < 4.78 is 9.41. The van der Waals surface area contributed by atoms with Crippen molar-refractivity contribution in [2.45, 2.75) is 19.3 Å². The number of carbonyl (C=O) groups excluding carboxylic acids is 2. The minimum absolute atomic E-state index is 0.308. The number of ether oxygens (including phenoxy) is 2. The van der Waals surface area contributed by atoms with E-state index in [0.717, 1.165) is 11.1 Å². The summed E-state index contributed by atoms with van der Waals surface area (Å²) in [7, 11) is 2.61. The van der Waals surface area contributed by atoms with Crippen molar-refractivity contribution in [3.63, 3.8) is 0 Å². The molecular formula is C19H18Cl2O4. The first-order valence-electron chi connectivity index (χ1n) is 7.49. The number of methoxy groups -OCH3 is 2. The summed E-state index contributed by atoms with van der Waals surface area (Å²) in [4.78, 5) is 23.3. The van der Waals surface area contributed by atoms with E-state index in [2.05, 4.69) is 0 Å². The van der Waals surface area contributed by atoms with Crippen LogP contribution in [0.25, 0.3) is 0 Å². The number of rotatable bonds is 4. The highest BCUT2D eigenvalue weighted by Crippen LogP contribution is 2.35. The predicted octanol–water partition coefficient (Wildman–Crippen LogP) is 4.89. The maximum Gasteiger partial charge on any atom is 0.339 e. The van der Waals surface area contributed by atoms with Crippen LogP contribution in [0.15, 0.2) is 36.4 Å². The quantitative estimate of drug-likeness (QED) is 0.708. The standard InChI is InChI=1S/C19H18Cl2O4/c1-19(2,11-5-7-13(15(20)9-11)17(22)24-3)12-6-8-14(16(21)10-12)18(23)25-4/h5-10H,1-4H3. The molecule has 0 atom stereocenters. The van der Waals surface area contributed by atoms with Gasteiger partial charge in [-0.3, -0.25) is 0 Å². The van der Waals surface area contributed by atoms with Crippen molar-refractivity contribution in [3.8, 4) is 0 Å². The van der Waals surface area contributed by atoms with Gasteiger partial charge in [0.25, 0.3) is 0 Å². The smallest absolute Gasteiger partial charge is 0.339 e. The minimum atomic E-state index is -0.486. The van der Waals surface area contributed by atoms with E-state index < -0.39 is 17.4 Å². The zero-order valence-corrected chi connectivity index (χ0v) is 15.9. The van der Waals surface area contributed by atoms with Crippen LogP contribution in [0.3, 0.4) is 0 Å². The van der Waals surface area contributed by atoms with Crippen LogP contribution in [0.4, 0.5) is 0 Å². The normalized spacial score (nSPS) is 11.1. The molecule has 6 heteroatoms. The molecule has 0 aliphatic heterocycles. The number of hydrogen-bond donors (Lipinski definition) is 0. The Morgan fingerprint density at radius 3 is 1.44 bits per heavy atom. The van der Waals surface area contributed by atoms with Gasteiger partial charge in [-0.1, -0.05) is 49.2 Å². The summed E-state index contributed by atoms with van der Waals surface area (Å²) in [5.41, 5.74) is 1.96. The molecule has 0 unspecified atom stereocenters. The second-order valence-corrected chi connectivity index (χ2v) is 6.81. The fourth-order valence-electron chi connectivity index (χ4n) is 2.53. The molecule has 0 fully saturated rings. The van der Waals surface area contributed by atoms with Gasteiger partial charge in [0, 0.05) is 5.41 Å². The fourth-order valence-corrected chi connectivity index (χ4v) is 3.04. The summed E-state index contributed by atoms with van der Waals surface area (Å²) in [6.45, 7) is 4.00. The van der Waals surface area contributed by atoms with Crippen LogP contribution in [0.2, 0.25) is 10.0 Å². The lowest BCUT2D eigenvalue weighted by Crippen LogP contribution is -2.20. The Kier molecular flexibility index (Phi) is 5.76. The highest BCUT2D eigenvalue weighted by atomic mass is 35.5. The van der Waals surface area contributed by atoms with Crippen LogP contribution in [0.1, 0.15) is 45.7 Å². The van der Waals surface area contributed by atoms with Crippen LogP contribution in [0.5, 0.6) is 0 Å². The highest BCUT2D eigenvalue weighted by molar-refractivity contribution is 6.34. The predicted molar refractivity (Wildman–Crippen MR) is 97.7 cm³/mol. The number of esters is 2. The molecule has 0 amide bonds. The SMILES string of the molecule is COC(=O)c1ccc(C(C)(C)c2ccc(C(=O)OC)c(Cl)c2)cc1Cl. The molecule has 132 valence electrons. The van der Waals surface area contributed by atoms with E-state index in [1.54, 1.807) is 24.3 Å². The Morgan fingerprint density at radius 1 is 0.800 bits per heavy atom. The molecule has 0 saturated heterocycles. The molecular weight excluding hydrogens is 363 g/mol. The number of hydrogen-bond acceptors (Lipinski definition) is 4. The molecule has 2 aromatic rings. The molecule has 0 saturated carbocycles. The van der Waals surface area contributed by atoms with Gasteiger partial charge in [0.1, 0.15) is 0 Å². The molecule has 25 heavy (non-hydrogen) atoms. The Bertz CT molecular complexity index is 761. The summed E-state index contributed by atoms with van der Waals surface area (Å²) in [5.74, 6) is -0.973. The third-order valence-corrected chi connectivity index (χ3v) is 4.82. The van der Waals surface area contributed by atoms with E-state index in [1.165, 1.54) is 14.2 Å². The van der Waals surface area contributed by atoms with E-state index in [4.69, 9.17) is 32.7 Å². The number of halogens is 2. The van der Waals surface area contributed by atoms with Gasteiger partial charge in [-0.25, -0.2) is 9.59 Å². The van der Waals surface area contributed by atoms with Crippen molar-refractivity contribution in [3.05, 3.63) is 68.7 Å². The van der Waals surface area contributed by atoms with Gasteiger partial charge >= 0.3 is 11.9 Å². The monoisotopic (exact) mass is 380 g/mol. The lowest BCUT2D eigenvalue weighted by molar-refractivity contribution is 0.0592. The van der Waals surface area contributed by atoms with Crippen molar-refractivity contribution >= 4 is 35.1 Å². The lowest BCUT2D eigenvalue weighted by Gasteiger charge is -2.27. The van der Waals surface area contributed by atoms with E-state index in [-0.39, 0.29) is 0 Å². The zero-order chi connectivity index (χ0) is 18.8. The molecule has 0 aromatic heterocycles. The molecule has 0 heterocycles. The van der Waals surface area contributed by atoms with Gasteiger partial charge in [-0.15, -0.1) is 0 Å². The van der Waals surface area contributed by atoms with Gasteiger partial charge in [-0.2, -0.15) is 0 Å². The maximum atomic E-state index is 11.7. The topological polar surface area (TPSA) is 52.6 Å². The van der Waals surface area contributed by atoms with E-state index >= 15 is 0 Å². The first-order valence-corrected chi connectivity index (χ1v) is 8.24. The second kappa shape index (κ2) is 7.46. The molecule has 2 rings (SSSR count). The molecule has 0 radical (unpaired) electrons. The molecule has 0 aliphatic carbocycles. The van der Waals surface area contributed by atoms with Crippen molar-refractivity contribution in [2.24, 2.45) is 0 Å². The van der Waals surface area contributed by atoms with Crippen molar-refractivity contribution in [1.29, 1.82) is 0 Å². The molecule has 2 aromatic carbocycles. The Balaban J connectivity index is 2.45. The van der Waals surface area contributed by atoms with E-state index in [0.29, 0.717) is 21.2 Å². The second-order valence-electron chi connectivity index (χ2n) is 6.00. The summed E-state index contributed by atoms with van der Waals surface area (Å²) in [6, 6.07) is 10.4. The van der Waals surface area contributed by atoms with Crippen molar-refractivity contribution in [2.75, 3.05) is 14.2 Å². The molecule has 0 bridgehead atoms. The highest BCUT2D eigenvalue weighted by Gasteiger charge is 2.26. The van der Waals surface area contributed by atoms with Crippen LogP contribution >= 0.6 is 23.2 Å². The fraction of sp³-hybridized carbons (Fsp3) is 0.263. The molecule has 4 nitrogen and oxygen atoms in total. The van der Waals surface area contributed by atoms with Crippen molar-refractivity contribution < 1.29 is 19.1 Å². The minimum Gasteiger partial charge on any atom is -0.465 e. The average molecular weight is 381 g/mol. The van der Waals surface area contributed by atoms with Crippen LogP contribution in [-0.2, 0) is 14.9 Å². The van der Waals surface area contributed by atoms with E-state index in [1.807, 2.05) is 26.0 Å². The lowest BCUT2D eigenvalue weighted by atomic mass is 9.77. The summed E-state index contributed by atoms with van der Waals surface area (Å²) in [6.07, 6.45) is 0. The summed E-state index contributed by atoms with van der Waals surface area (Å²) in [5, 5.41) is 0.629. The average Bonchev–Trinajstić information content (AvgIpc) is 2.60. The van der Waals surface area contributed by atoms with Gasteiger partial charge in [-0.05, 0) is 35.4 Å². The Morgan fingerprint density at radius 2 is 1.16 bits per heavy atom. The van der Waals surface area contributed by atoms with Crippen LogP contribution in [0, 0.1) is 0 Å². The first-order chi connectivity index (χ1) is 11.7. The van der Waals surface area contributed by atoms with Crippen molar-refractivity contribution in [1.82, 2.24) is 0 Å². The largest absolute Gasteiger partial charge is 0.465 e. The van der Waals surface area contributed by atoms with Gasteiger partial charge in [0.05, 0.1) is 35.4 Å². The van der Waals surface area contributed by atoms with E-state index in [9.17, 15) is 9.59 Å². The molecule has 0 N–H and O–H groups in total. The zero-order valence-electron chi connectivity index (χ0n) is 14.4. The van der Waals surface area contributed by atoms with Crippen LogP contribution in [-0.4, -0.2) is 26.2 Å². The van der Waals surface area contributed by atoms with Gasteiger partial charge < -0.3 is 9.47 Å². The summed E-state index contributed by atoms with van der Waals surface area (Å²) >= 11 is 12.5. The Labute approximate surface area is 156 Å². The Hall–Kier alpha value is -2.04. The molecule has 0 aliphatic rings. The maximum absolute atomic E-state index is 11.7. The third kappa shape index (κ3) is 3.80. The first kappa shape index (κ1) is 19.3. The van der Waals surface area contributed by atoms with Gasteiger partial charge in [0.15, 0.2) is 0 Å². The number of carbonyl (C=O) groups is 2. The van der Waals surface area contributed by atoms with Crippen LogP contribution < -0.4 is 0 Å².